The Morgan fingerprint density at radius 2 is 2.41 bits per heavy atom. The number of nitrogens with one attached hydrogen (secondary N) is 2. The van der Waals surface area contributed by atoms with Crippen LogP contribution in [0.5, 0.6) is 0 Å². The molecule has 0 bridgehead atoms. The second-order valence-corrected chi connectivity index (χ2v) is 5.87. The summed E-state index contributed by atoms with van der Waals surface area (Å²) < 4.78 is 7.73. The van der Waals surface area contributed by atoms with Crippen molar-refractivity contribution in [1.29, 1.82) is 0 Å². The van der Waals surface area contributed by atoms with Crippen LogP contribution in [-0.2, 0) is 11.8 Å². The number of rotatable bonds is 4. The van der Waals surface area contributed by atoms with Gasteiger partial charge in [0.1, 0.15) is 11.8 Å². The Bertz CT molecular complexity index is 613. The molecule has 2 aromatic heterocycles. The summed E-state index contributed by atoms with van der Waals surface area (Å²) in [7, 11) is 1.89. The zero-order chi connectivity index (χ0) is 15.5. The smallest absolute Gasteiger partial charge is 0.268 e. The van der Waals surface area contributed by atoms with Crippen LogP contribution in [0.25, 0.3) is 0 Å². The maximum Gasteiger partial charge on any atom is 0.268 e. The molecular weight excluding hydrogens is 280 g/mol. The predicted molar refractivity (Wildman–Crippen MR) is 82.5 cm³/mol. The van der Waals surface area contributed by atoms with E-state index in [1.54, 1.807) is 6.20 Å². The van der Waals surface area contributed by atoms with Crippen LogP contribution in [0.15, 0.2) is 24.5 Å². The van der Waals surface area contributed by atoms with Gasteiger partial charge in [0.25, 0.3) is 5.91 Å². The fourth-order valence-electron chi connectivity index (χ4n) is 3.12. The predicted octanol–water partition coefficient (Wildman–Crippen LogP) is 1.95. The van der Waals surface area contributed by atoms with Crippen molar-refractivity contribution in [1.82, 2.24) is 20.1 Å². The minimum absolute atomic E-state index is 0.0222. The van der Waals surface area contributed by atoms with Crippen LogP contribution >= 0.6 is 0 Å². The van der Waals surface area contributed by atoms with Crippen LogP contribution in [0, 0.1) is 12.8 Å². The Balaban J connectivity index is 1.65. The first-order valence-corrected chi connectivity index (χ1v) is 7.68. The van der Waals surface area contributed by atoms with Crippen LogP contribution in [0.4, 0.5) is 0 Å². The van der Waals surface area contributed by atoms with Crippen LogP contribution in [0.3, 0.4) is 0 Å². The number of aromatic nitrogens is 3. The van der Waals surface area contributed by atoms with Crippen molar-refractivity contribution < 1.29 is 9.53 Å². The van der Waals surface area contributed by atoms with E-state index in [2.05, 4.69) is 15.5 Å². The molecule has 1 saturated heterocycles. The van der Waals surface area contributed by atoms with Crippen molar-refractivity contribution in [2.75, 3.05) is 13.2 Å². The lowest BCUT2D eigenvalue weighted by atomic mass is 9.92. The molecule has 0 aromatic carbocycles. The highest BCUT2D eigenvalue weighted by atomic mass is 16.5. The minimum atomic E-state index is -0.0288. The normalized spacial score (nSPS) is 21.7. The van der Waals surface area contributed by atoms with E-state index in [0.29, 0.717) is 6.54 Å². The Morgan fingerprint density at radius 1 is 1.55 bits per heavy atom. The highest BCUT2D eigenvalue weighted by Gasteiger charge is 2.29. The zero-order valence-electron chi connectivity index (χ0n) is 13.0. The van der Waals surface area contributed by atoms with Gasteiger partial charge in [-0.25, -0.2) is 0 Å². The van der Waals surface area contributed by atoms with E-state index in [1.807, 2.05) is 36.9 Å². The van der Waals surface area contributed by atoms with Gasteiger partial charge < -0.3 is 14.6 Å². The average molecular weight is 302 g/mol. The van der Waals surface area contributed by atoms with Crippen LogP contribution in [0.2, 0.25) is 0 Å². The molecule has 0 spiro atoms. The van der Waals surface area contributed by atoms with Gasteiger partial charge in [0.05, 0.1) is 5.69 Å². The van der Waals surface area contributed by atoms with E-state index in [4.69, 9.17) is 4.74 Å². The summed E-state index contributed by atoms with van der Waals surface area (Å²) in [5, 5.41) is 10.0. The summed E-state index contributed by atoms with van der Waals surface area (Å²) in [5.74, 6) is 0.234. The van der Waals surface area contributed by atoms with Crippen molar-refractivity contribution in [2.45, 2.75) is 25.9 Å². The Morgan fingerprint density at radius 3 is 3.09 bits per heavy atom. The van der Waals surface area contributed by atoms with E-state index in [0.717, 1.165) is 36.4 Å². The highest BCUT2D eigenvalue weighted by molar-refractivity contribution is 5.94. The number of carbonyl (C=O) groups is 1. The van der Waals surface area contributed by atoms with Gasteiger partial charge in [-0.05, 0) is 37.5 Å². The standard InChI is InChI=1S/C16H22N4O2/c1-11-6-8-20(2)14(11)16(21)17-10-12-4-3-9-22-15(12)13-5-7-18-19-13/h5-8,12,15H,3-4,9-10H2,1-2H3,(H,17,21)(H,18,19)/t12-,15+/m0/s1. The quantitative estimate of drug-likeness (QED) is 0.907. The topological polar surface area (TPSA) is 71.9 Å². The first-order chi connectivity index (χ1) is 10.7. The number of hydrogen-bond donors (Lipinski definition) is 2. The van der Waals surface area contributed by atoms with Gasteiger partial charge in [0.15, 0.2) is 0 Å². The number of ether oxygens (including phenoxy) is 1. The number of aryl methyl sites for hydroxylation is 2. The fraction of sp³-hybridized carbons (Fsp3) is 0.500. The molecule has 1 aliphatic rings. The molecule has 1 fully saturated rings. The molecule has 2 aromatic rings. The van der Waals surface area contributed by atoms with Gasteiger partial charge in [0, 0.05) is 38.5 Å². The van der Waals surface area contributed by atoms with Gasteiger partial charge in [-0.1, -0.05) is 0 Å². The molecule has 0 aliphatic carbocycles. The van der Waals surface area contributed by atoms with E-state index in [1.165, 1.54) is 0 Å². The molecule has 2 atom stereocenters. The molecule has 118 valence electrons. The van der Waals surface area contributed by atoms with Gasteiger partial charge in [0.2, 0.25) is 0 Å². The summed E-state index contributed by atoms with van der Waals surface area (Å²) in [6.45, 7) is 3.31. The van der Waals surface area contributed by atoms with Gasteiger partial charge >= 0.3 is 0 Å². The summed E-state index contributed by atoms with van der Waals surface area (Å²) in [4.78, 5) is 12.4. The van der Waals surface area contributed by atoms with E-state index in [-0.39, 0.29) is 17.9 Å². The number of hydrogen-bond acceptors (Lipinski definition) is 3. The number of carbonyl (C=O) groups excluding carboxylic acids is 1. The largest absolute Gasteiger partial charge is 0.372 e. The first-order valence-electron chi connectivity index (χ1n) is 7.68. The SMILES string of the molecule is Cc1ccn(C)c1C(=O)NC[C@@H]1CCCO[C@H]1c1ccn[nH]1. The number of aromatic amines is 1. The molecule has 0 radical (unpaired) electrons. The summed E-state index contributed by atoms with van der Waals surface area (Å²) in [6.07, 6.45) is 5.67. The number of H-pyrrole nitrogens is 1. The number of amides is 1. The van der Waals surface area contributed by atoms with Crippen molar-refractivity contribution in [3.63, 3.8) is 0 Å². The van der Waals surface area contributed by atoms with E-state index >= 15 is 0 Å². The molecule has 0 saturated carbocycles. The van der Waals surface area contributed by atoms with Gasteiger partial charge in [-0.2, -0.15) is 5.10 Å². The van der Waals surface area contributed by atoms with E-state index < -0.39 is 0 Å². The van der Waals surface area contributed by atoms with Crippen molar-refractivity contribution in [3.8, 4) is 0 Å². The second-order valence-electron chi connectivity index (χ2n) is 5.87. The maximum atomic E-state index is 12.4. The molecule has 6 heteroatoms. The van der Waals surface area contributed by atoms with Crippen molar-refractivity contribution in [2.24, 2.45) is 13.0 Å². The lowest BCUT2D eigenvalue weighted by molar-refractivity contribution is -0.0297. The van der Waals surface area contributed by atoms with Crippen LogP contribution in [0.1, 0.15) is 40.7 Å². The first kappa shape index (κ1) is 14.8. The van der Waals surface area contributed by atoms with E-state index in [9.17, 15) is 4.79 Å². The van der Waals surface area contributed by atoms with Crippen molar-refractivity contribution >= 4 is 5.91 Å². The zero-order valence-corrected chi connectivity index (χ0v) is 13.0. The van der Waals surface area contributed by atoms with Crippen LogP contribution in [-0.4, -0.2) is 33.8 Å². The third-order valence-corrected chi connectivity index (χ3v) is 4.29. The molecular formula is C16H22N4O2. The van der Waals surface area contributed by atoms with Crippen LogP contribution < -0.4 is 5.32 Å². The summed E-state index contributed by atoms with van der Waals surface area (Å²) in [6, 6.07) is 3.89. The number of nitrogens with zero attached hydrogens (tertiary/aromatic N) is 2. The monoisotopic (exact) mass is 302 g/mol. The Hall–Kier alpha value is -2.08. The maximum absolute atomic E-state index is 12.4. The highest BCUT2D eigenvalue weighted by Crippen LogP contribution is 2.32. The molecule has 22 heavy (non-hydrogen) atoms. The third kappa shape index (κ3) is 2.92. The van der Waals surface area contributed by atoms with Crippen molar-refractivity contribution in [3.05, 3.63) is 41.5 Å². The molecule has 1 amide bonds. The lowest BCUT2D eigenvalue weighted by Crippen LogP contribution is -2.36. The molecule has 2 N–H and O–H groups in total. The lowest BCUT2D eigenvalue weighted by Gasteiger charge is -2.31. The Kier molecular flexibility index (Phi) is 4.29. The molecule has 0 unspecified atom stereocenters. The molecule has 6 nitrogen and oxygen atoms in total. The third-order valence-electron chi connectivity index (χ3n) is 4.29. The fourth-order valence-corrected chi connectivity index (χ4v) is 3.12. The van der Waals surface area contributed by atoms with Gasteiger partial charge in [-0.3, -0.25) is 9.89 Å². The average Bonchev–Trinajstić information content (AvgIpc) is 3.15. The summed E-state index contributed by atoms with van der Waals surface area (Å²) in [5.41, 5.74) is 2.69. The van der Waals surface area contributed by atoms with Gasteiger partial charge in [-0.15, -0.1) is 0 Å². The Labute approximate surface area is 129 Å². The second kappa shape index (κ2) is 6.36. The molecule has 3 rings (SSSR count). The molecule has 3 heterocycles. The molecule has 1 aliphatic heterocycles. The summed E-state index contributed by atoms with van der Waals surface area (Å²) >= 11 is 0. The minimum Gasteiger partial charge on any atom is -0.372 e.